The molecule has 0 saturated carbocycles. The summed E-state index contributed by atoms with van der Waals surface area (Å²) >= 11 is 0. The summed E-state index contributed by atoms with van der Waals surface area (Å²) in [5.74, 6) is 0. The Balaban J connectivity index is 2.39. The molecule has 1 heterocycles. The summed E-state index contributed by atoms with van der Waals surface area (Å²) in [4.78, 5) is 0. The van der Waals surface area contributed by atoms with Crippen LogP contribution < -0.4 is 0 Å². The van der Waals surface area contributed by atoms with Crippen molar-refractivity contribution >= 4 is 17.0 Å². The summed E-state index contributed by atoms with van der Waals surface area (Å²) in [5.41, 5.74) is 0. The van der Waals surface area contributed by atoms with Crippen LogP contribution in [0.3, 0.4) is 0 Å². The van der Waals surface area contributed by atoms with Gasteiger partial charge in [-0.15, -0.1) is 0 Å². The molecule has 0 aromatic carbocycles. The van der Waals surface area contributed by atoms with E-state index in [0.717, 1.165) is 32.2 Å². The van der Waals surface area contributed by atoms with Gasteiger partial charge >= 0.3 is 8.56 Å². The third kappa shape index (κ3) is 4.95. The standard InChI is InChI=1S/C13H31NO3Si2/c1-6-16-19(5,17-7-2)13-9-11-14-10-8-12-18(14,4)15-3/h6-13H2,1-5H3. The van der Waals surface area contributed by atoms with Gasteiger partial charge in [-0.2, -0.15) is 0 Å². The zero-order valence-electron chi connectivity index (χ0n) is 13.3. The summed E-state index contributed by atoms with van der Waals surface area (Å²) in [5, 5.41) is 0. The van der Waals surface area contributed by atoms with Gasteiger partial charge in [0.05, 0.1) is 0 Å². The fourth-order valence-corrected chi connectivity index (χ4v) is 8.21. The molecule has 1 atom stereocenters. The normalized spacial score (nSPS) is 25.1. The Kier molecular flexibility index (Phi) is 7.20. The molecule has 0 bridgehead atoms. The maximum atomic E-state index is 5.89. The van der Waals surface area contributed by atoms with Crippen molar-refractivity contribution in [1.29, 1.82) is 0 Å². The smallest absolute Gasteiger partial charge is 0.334 e. The van der Waals surface area contributed by atoms with Crippen LogP contribution in [-0.4, -0.2) is 55.0 Å². The van der Waals surface area contributed by atoms with Crippen molar-refractivity contribution in [3.05, 3.63) is 0 Å². The van der Waals surface area contributed by atoms with E-state index in [0.29, 0.717) is 0 Å². The Bertz CT molecular complexity index is 262. The molecule has 0 aromatic heterocycles. The highest BCUT2D eigenvalue weighted by atomic mass is 28.4. The first-order chi connectivity index (χ1) is 8.99. The molecule has 0 N–H and O–H groups in total. The van der Waals surface area contributed by atoms with Gasteiger partial charge in [-0.25, -0.2) is 0 Å². The van der Waals surface area contributed by atoms with Gasteiger partial charge in [0.15, 0.2) is 0 Å². The fourth-order valence-electron chi connectivity index (χ4n) is 2.96. The fraction of sp³-hybridized carbons (Fsp3) is 1.00. The summed E-state index contributed by atoms with van der Waals surface area (Å²) in [6, 6.07) is 2.36. The van der Waals surface area contributed by atoms with E-state index in [4.69, 9.17) is 13.3 Å². The van der Waals surface area contributed by atoms with Gasteiger partial charge in [0.25, 0.3) is 8.48 Å². The molecule has 6 heteroatoms. The lowest BCUT2D eigenvalue weighted by Gasteiger charge is -2.32. The van der Waals surface area contributed by atoms with Crippen LogP contribution in [0.15, 0.2) is 0 Å². The molecule has 0 aromatic rings. The molecule has 4 nitrogen and oxygen atoms in total. The second-order valence-corrected chi connectivity index (χ2v) is 12.8. The predicted octanol–water partition coefficient (Wildman–Crippen LogP) is 2.95. The Morgan fingerprint density at radius 3 is 2.37 bits per heavy atom. The van der Waals surface area contributed by atoms with E-state index >= 15 is 0 Å². The highest BCUT2D eigenvalue weighted by Crippen LogP contribution is 2.27. The summed E-state index contributed by atoms with van der Waals surface area (Å²) in [6.07, 6.45) is 2.46. The molecule has 19 heavy (non-hydrogen) atoms. The largest absolute Gasteiger partial charge is 0.406 e. The van der Waals surface area contributed by atoms with Gasteiger partial charge in [0, 0.05) is 20.3 Å². The van der Waals surface area contributed by atoms with Crippen LogP contribution in [0.4, 0.5) is 0 Å². The molecule has 0 amide bonds. The SMILES string of the molecule is CCO[Si](C)(CCCN1CCC[Si]1(C)OC)OCC. The van der Waals surface area contributed by atoms with E-state index in [9.17, 15) is 0 Å². The summed E-state index contributed by atoms with van der Waals surface area (Å²) in [6.45, 7) is 12.5. The Hall–Kier alpha value is 0.274. The van der Waals surface area contributed by atoms with Crippen molar-refractivity contribution in [2.45, 2.75) is 51.9 Å². The van der Waals surface area contributed by atoms with Gasteiger partial charge in [-0.05, 0) is 65.0 Å². The third-order valence-corrected chi connectivity index (χ3v) is 11.1. The molecule has 1 rings (SSSR count). The zero-order chi connectivity index (χ0) is 14.4. The molecule has 0 aliphatic carbocycles. The molecular weight excluding hydrogens is 274 g/mol. The van der Waals surface area contributed by atoms with E-state index in [2.05, 4.69) is 31.5 Å². The average Bonchev–Trinajstić information content (AvgIpc) is 2.72. The average molecular weight is 306 g/mol. The topological polar surface area (TPSA) is 30.9 Å². The number of nitrogens with zero attached hydrogens (tertiary/aromatic N) is 1. The van der Waals surface area contributed by atoms with Crippen LogP contribution in [0, 0.1) is 0 Å². The first-order valence-corrected chi connectivity index (χ1v) is 12.7. The molecule has 1 aliphatic rings. The maximum absolute atomic E-state index is 5.89. The molecular formula is C13H31NO3Si2. The zero-order valence-corrected chi connectivity index (χ0v) is 15.3. The first kappa shape index (κ1) is 17.3. The van der Waals surface area contributed by atoms with Gasteiger partial charge in [0.1, 0.15) is 0 Å². The lowest BCUT2D eigenvalue weighted by atomic mass is 10.4. The van der Waals surface area contributed by atoms with Gasteiger partial charge < -0.3 is 17.8 Å². The highest BCUT2D eigenvalue weighted by molar-refractivity contribution is 6.70. The molecule has 0 radical (unpaired) electrons. The van der Waals surface area contributed by atoms with E-state index in [1.807, 2.05) is 7.11 Å². The predicted molar refractivity (Wildman–Crippen MR) is 83.9 cm³/mol. The third-order valence-electron chi connectivity index (χ3n) is 4.14. The first-order valence-electron chi connectivity index (χ1n) is 7.58. The molecule has 1 saturated heterocycles. The monoisotopic (exact) mass is 305 g/mol. The van der Waals surface area contributed by atoms with Crippen molar-refractivity contribution < 1.29 is 13.3 Å². The van der Waals surface area contributed by atoms with E-state index in [1.54, 1.807) is 0 Å². The van der Waals surface area contributed by atoms with Gasteiger partial charge in [0.2, 0.25) is 0 Å². The Morgan fingerprint density at radius 1 is 1.21 bits per heavy atom. The highest BCUT2D eigenvalue weighted by Gasteiger charge is 2.40. The van der Waals surface area contributed by atoms with Crippen LogP contribution in [0.5, 0.6) is 0 Å². The van der Waals surface area contributed by atoms with Crippen molar-refractivity contribution in [3.8, 4) is 0 Å². The van der Waals surface area contributed by atoms with Crippen LogP contribution in [0.2, 0.25) is 25.2 Å². The molecule has 0 spiro atoms. The number of hydrogen-bond donors (Lipinski definition) is 0. The van der Waals surface area contributed by atoms with Gasteiger partial charge in [-0.3, -0.25) is 0 Å². The second-order valence-electron chi connectivity index (χ2n) is 5.57. The maximum Gasteiger partial charge on any atom is 0.334 e. The van der Waals surface area contributed by atoms with Gasteiger partial charge in [-0.1, -0.05) is 0 Å². The quantitative estimate of drug-likeness (QED) is 0.613. The summed E-state index contributed by atoms with van der Waals surface area (Å²) in [7, 11) is -1.61. The second kappa shape index (κ2) is 7.90. The van der Waals surface area contributed by atoms with E-state index in [-0.39, 0.29) is 0 Å². The molecule has 1 aliphatic heterocycles. The minimum Gasteiger partial charge on any atom is -0.406 e. The van der Waals surface area contributed by atoms with E-state index < -0.39 is 17.0 Å². The van der Waals surface area contributed by atoms with Crippen LogP contribution in [0.25, 0.3) is 0 Å². The van der Waals surface area contributed by atoms with E-state index in [1.165, 1.54) is 19.0 Å². The van der Waals surface area contributed by atoms with Crippen molar-refractivity contribution in [1.82, 2.24) is 4.57 Å². The lowest BCUT2D eigenvalue weighted by molar-refractivity contribution is 0.187. The lowest BCUT2D eigenvalue weighted by Crippen LogP contribution is -2.49. The molecule has 1 unspecified atom stereocenters. The van der Waals surface area contributed by atoms with Crippen molar-refractivity contribution in [2.24, 2.45) is 0 Å². The molecule has 114 valence electrons. The molecule has 1 fully saturated rings. The minimum atomic E-state index is -1.93. The number of rotatable bonds is 9. The summed E-state index contributed by atoms with van der Waals surface area (Å²) < 4.78 is 20.2. The van der Waals surface area contributed by atoms with Crippen molar-refractivity contribution in [2.75, 3.05) is 33.4 Å². The van der Waals surface area contributed by atoms with Crippen molar-refractivity contribution in [3.63, 3.8) is 0 Å². The Morgan fingerprint density at radius 2 is 1.84 bits per heavy atom. The minimum absolute atomic E-state index is 0.761. The van der Waals surface area contributed by atoms with Crippen LogP contribution in [0.1, 0.15) is 26.7 Å². The van der Waals surface area contributed by atoms with Crippen LogP contribution >= 0.6 is 0 Å². The van der Waals surface area contributed by atoms with Crippen LogP contribution in [-0.2, 0) is 13.3 Å². The Labute approximate surface area is 120 Å². The number of hydrogen-bond acceptors (Lipinski definition) is 4.